The van der Waals surface area contributed by atoms with Crippen LogP contribution in [0.4, 0.5) is 0 Å². The molecule has 0 aromatic carbocycles. The molecule has 7 nitrogen and oxygen atoms in total. The third-order valence-corrected chi connectivity index (χ3v) is 5.91. The van der Waals surface area contributed by atoms with E-state index in [0.717, 1.165) is 34.3 Å². The second kappa shape index (κ2) is 9.14. The van der Waals surface area contributed by atoms with E-state index in [9.17, 15) is 13.2 Å². The van der Waals surface area contributed by atoms with Crippen molar-refractivity contribution < 1.29 is 18.3 Å². The van der Waals surface area contributed by atoms with Gasteiger partial charge in [-0.25, -0.2) is 17.9 Å². The number of aryl methyl sites for hydroxylation is 1. The minimum atomic E-state index is -3.33. The SMILES string of the molecule is CCc1ccc2c(-c3ccnc(Cl)c3)c(CCCCC(=O)O)c(CS(C)(=O)=O)nn12. The average molecular weight is 450 g/mol. The molecule has 30 heavy (non-hydrogen) atoms. The van der Waals surface area contributed by atoms with Crippen LogP contribution in [0.2, 0.25) is 5.15 Å². The van der Waals surface area contributed by atoms with Crippen LogP contribution in [0.25, 0.3) is 16.6 Å². The molecule has 0 unspecified atom stereocenters. The van der Waals surface area contributed by atoms with Gasteiger partial charge in [0.15, 0.2) is 9.84 Å². The van der Waals surface area contributed by atoms with Crippen molar-refractivity contribution in [1.29, 1.82) is 0 Å². The molecule has 3 rings (SSSR count). The van der Waals surface area contributed by atoms with E-state index in [1.807, 2.05) is 25.1 Å². The van der Waals surface area contributed by atoms with Gasteiger partial charge in [0.1, 0.15) is 5.15 Å². The Balaban J connectivity index is 2.24. The number of hydrogen-bond donors (Lipinski definition) is 1. The molecular weight excluding hydrogens is 426 g/mol. The lowest BCUT2D eigenvalue weighted by atomic mass is 9.95. The van der Waals surface area contributed by atoms with E-state index in [1.54, 1.807) is 16.8 Å². The third kappa shape index (κ3) is 5.17. The van der Waals surface area contributed by atoms with E-state index < -0.39 is 15.8 Å². The summed E-state index contributed by atoms with van der Waals surface area (Å²) in [7, 11) is -3.33. The topological polar surface area (TPSA) is 102 Å². The molecule has 0 radical (unpaired) electrons. The van der Waals surface area contributed by atoms with Crippen molar-refractivity contribution in [2.75, 3.05) is 6.26 Å². The fourth-order valence-corrected chi connectivity index (χ4v) is 4.52. The Hall–Kier alpha value is -2.45. The minimum Gasteiger partial charge on any atom is -0.481 e. The lowest BCUT2D eigenvalue weighted by molar-refractivity contribution is -0.137. The van der Waals surface area contributed by atoms with E-state index in [0.29, 0.717) is 30.1 Å². The number of carbonyl (C=O) groups is 1. The number of unbranched alkanes of at least 4 members (excludes halogenated alkanes) is 1. The second-order valence-electron chi connectivity index (χ2n) is 7.31. The van der Waals surface area contributed by atoms with Crippen LogP contribution in [0.1, 0.15) is 43.1 Å². The molecule has 3 aromatic rings. The molecule has 9 heteroatoms. The van der Waals surface area contributed by atoms with Gasteiger partial charge in [-0.15, -0.1) is 0 Å². The van der Waals surface area contributed by atoms with Crippen LogP contribution in [0.15, 0.2) is 30.5 Å². The lowest BCUT2D eigenvalue weighted by Gasteiger charge is -2.17. The van der Waals surface area contributed by atoms with E-state index in [1.165, 1.54) is 6.26 Å². The number of hydrogen-bond acceptors (Lipinski definition) is 5. The average Bonchev–Trinajstić information content (AvgIpc) is 3.06. The monoisotopic (exact) mass is 449 g/mol. The fourth-order valence-electron chi connectivity index (χ4n) is 3.62. The summed E-state index contributed by atoms with van der Waals surface area (Å²) in [6.45, 7) is 2.02. The Kier molecular flexibility index (Phi) is 6.77. The van der Waals surface area contributed by atoms with Crippen molar-refractivity contribution in [3.63, 3.8) is 0 Å². The van der Waals surface area contributed by atoms with Crippen LogP contribution in [0.3, 0.4) is 0 Å². The molecule has 0 aliphatic rings. The number of pyridine rings is 1. The third-order valence-electron chi connectivity index (χ3n) is 4.90. The van der Waals surface area contributed by atoms with Crippen LogP contribution in [-0.4, -0.2) is 40.3 Å². The zero-order valence-electron chi connectivity index (χ0n) is 16.9. The summed E-state index contributed by atoms with van der Waals surface area (Å²) in [5.74, 6) is -1.04. The van der Waals surface area contributed by atoms with Crippen LogP contribution >= 0.6 is 11.6 Å². The van der Waals surface area contributed by atoms with Crippen LogP contribution in [0.5, 0.6) is 0 Å². The number of rotatable bonds is 9. The number of fused-ring (bicyclic) bond motifs is 1. The molecule has 0 aliphatic carbocycles. The largest absolute Gasteiger partial charge is 0.481 e. The maximum absolute atomic E-state index is 12.1. The summed E-state index contributed by atoms with van der Waals surface area (Å²) >= 11 is 6.14. The molecule has 3 heterocycles. The number of carboxylic acids is 1. The van der Waals surface area contributed by atoms with Gasteiger partial charge in [0.05, 0.1) is 17.0 Å². The van der Waals surface area contributed by atoms with Crippen molar-refractivity contribution >= 4 is 32.9 Å². The summed E-state index contributed by atoms with van der Waals surface area (Å²) in [6, 6.07) is 7.54. The van der Waals surface area contributed by atoms with Gasteiger partial charge in [-0.1, -0.05) is 18.5 Å². The summed E-state index contributed by atoms with van der Waals surface area (Å²) in [4.78, 5) is 14.9. The van der Waals surface area contributed by atoms with Gasteiger partial charge >= 0.3 is 5.97 Å². The van der Waals surface area contributed by atoms with Gasteiger partial charge in [-0.3, -0.25) is 4.79 Å². The van der Waals surface area contributed by atoms with Gasteiger partial charge in [-0.05, 0) is 61.1 Å². The normalized spacial score (nSPS) is 11.8. The van der Waals surface area contributed by atoms with Crippen LogP contribution in [-0.2, 0) is 33.2 Å². The number of aromatic nitrogens is 3. The van der Waals surface area contributed by atoms with Crippen LogP contribution < -0.4 is 0 Å². The number of halogens is 1. The van der Waals surface area contributed by atoms with Crippen molar-refractivity contribution in [2.24, 2.45) is 0 Å². The highest BCUT2D eigenvalue weighted by Gasteiger charge is 2.21. The second-order valence-corrected chi connectivity index (χ2v) is 9.84. The van der Waals surface area contributed by atoms with E-state index in [-0.39, 0.29) is 12.2 Å². The van der Waals surface area contributed by atoms with Gasteiger partial charge in [-0.2, -0.15) is 5.10 Å². The van der Waals surface area contributed by atoms with Crippen molar-refractivity contribution in [1.82, 2.24) is 14.6 Å². The Labute approximate surface area is 180 Å². The first-order valence-corrected chi connectivity index (χ1v) is 12.2. The maximum atomic E-state index is 12.1. The highest BCUT2D eigenvalue weighted by atomic mass is 35.5. The molecule has 0 saturated carbocycles. The molecule has 3 aromatic heterocycles. The predicted octanol–water partition coefficient (Wildman–Crippen LogP) is 3.95. The molecule has 0 fully saturated rings. The lowest BCUT2D eigenvalue weighted by Crippen LogP contribution is -2.13. The Morgan fingerprint density at radius 3 is 2.63 bits per heavy atom. The zero-order chi connectivity index (χ0) is 21.9. The Morgan fingerprint density at radius 2 is 2.00 bits per heavy atom. The molecule has 0 saturated heterocycles. The zero-order valence-corrected chi connectivity index (χ0v) is 18.5. The fraction of sp³-hybridized carbons (Fsp3) is 0.381. The number of carboxylic acid groups (broad SMARTS) is 1. The molecule has 0 spiro atoms. The highest BCUT2D eigenvalue weighted by molar-refractivity contribution is 7.89. The van der Waals surface area contributed by atoms with E-state index in [4.69, 9.17) is 16.7 Å². The first-order chi connectivity index (χ1) is 14.2. The Bertz CT molecular complexity index is 1190. The summed E-state index contributed by atoms with van der Waals surface area (Å²) in [6.07, 6.45) is 5.23. The first kappa shape index (κ1) is 22.2. The van der Waals surface area contributed by atoms with Gasteiger partial charge in [0, 0.05) is 30.1 Å². The number of nitrogens with zero attached hydrogens (tertiary/aromatic N) is 3. The first-order valence-electron chi connectivity index (χ1n) is 9.73. The molecule has 0 amide bonds. The standard InChI is InChI=1S/C21H24ClN3O4S/c1-3-15-8-9-18-21(14-10-11-23-19(22)12-14)16(6-4-5-7-20(26)27)17(24-25(15)18)13-30(2,28)29/h8-12H,3-7,13H2,1-2H3,(H,26,27). The molecule has 0 atom stereocenters. The molecule has 0 bridgehead atoms. The van der Waals surface area contributed by atoms with E-state index >= 15 is 0 Å². The molecule has 160 valence electrons. The van der Waals surface area contributed by atoms with Gasteiger partial charge in [0.25, 0.3) is 0 Å². The molecule has 0 aliphatic heterocycles. The number of aliphatic carboxylic acids is 1. The van der Waals surface area contributed by atoms with Gasteiger partial charge in [0.2, 0.25) is 0 Å². The predicted molar refractivity (Wildman–Crippen MR) is 117 cm³/mol. The summed E-state index contributed by atoms with van der Waals surface area (Å²) in [5.41, 5.74) is 4.81. The minimum absolute atomic E-state index is 0.0681. The smallest absolute Gasteiger partial charge is 0.303 e. The van der Waals surface area contributed by atoms with Crippen molar-refractivity contribution in [3.05, 3.63) is 52.6 Å². The van der Waals surface area contributed by atoms with Crippen LogP contribution in [0, 0.1) is 0 Å². The quantitative estimate of drug-likeness (QED) is 0.392. The maximum Gasteiger partial charge on any atom is 0.303 e. The Morgan fingerprint density at radius 1 is 1.23 bits per heavy atom. The molecular formula is C21H24ClN3O4S. The number of sulfone groups is 1. The summed E-state index contributed by atoms with van der Waals surface area (Å²) < 4.78 is 26.1. The van der Waals surface area contributed by atoms with Gasteiger partial charge < -0.3 is 5.11 Å². The highest BCUT2D eigenvalue weighted by Crippen LogP contribution is 2.34. The van der Waals surface area contributed by atoms with Crippen molar-refractivity contribution in [3.8, 4) is 11.1 Å². The molecule has 1 N–H and O–H groups in total. The van der Waals surface area contributed by atoms with E-state index in [2.05, 4.69) is 10.1 Å². The van der Waals surface area contributed by atoms with Crippen molar-refractivity contribution in [2.45, 2.75) is 44.8 Å². The summed E-state index contributed by atoms with van der Waals surface area (Å²) in [5, 5.41) is 14.0.